The van der Waals surface area contributed by atoms with Crippen molar-refractivity contribution < 1.29 is 4.74 Å². The third-order valence-corrected chi connectivity index (χ3v) is 2.50. The van der Waals surface area contributed by atoms with E-state index < -0.39 is 0 Å². The Balaban J connectivity index is 2.73. The zero-order valence-corrected chi connectivity index (χ0v) is 9.13. The highest BCUT2D eigenvalue weighted by Crippen LogP contribution is 2.23. The van der Waals surface area contributed by atoms with Gasteiger partial charge in [0.25, 0.3) is 0 Å². The van der Waals surface area contributed by atoms with Crippen LogP contribution in [0.25, 0.3) is 0 Å². The predicted octanol–water partition coefficient (Wildman–Crippen LogP) is 2.42. The number of benzene rings is 1. The van der Waals surface area contributed by atoms with Crippen LogP contribution in [0, 0.1) is 0 Å². The standard InChI is InChI=1S/C11H16ClNO/c1-2-14-8-9(7-13)10-5-3-4-6-11(10)12/h3-6,9H,2,7-8,13H2,1H3. The minimum Gasteiger partial charge on any atom is -0.381 e. The van der Waals surface area contributed by atoms with Crippen molar-refractivity contribution in [1.29, 1.82) is 0 Å². The number of nitrogens with two attached hydrogens (primary N) is 1. The Morgan fingerprint density at radius 3 is 2.71 bits per heavy atom. The van der Waals surface area contributed by atoms with Gasteiger partial charge in [0, 0.05) is 24.1 Å². The van der Waals surface area contributed by atoms with Crippen molar-refractivity contribution in [2.45, 2.75) is 12.8 Å². The quantitative estimate of drug-likeness (QED) is 0.816. The van der Waals surface area contributed by atoms with Crippen LogP contribution in [0.15, 0.2) is 24.3 Å². The Kier molecular flexibility index (Phi) is 4.94. The Labute approximate surface area is 90.0 Å². The molecule has 1 atom stereocenters. The van der Waals surface area contributed by atoms with Crippen LogP contribution in [-0.4, -0.2) is 19.8 Å². The van der Waals surface area contributed by atoms with Gasteiger partial charge >= 0.3 is 0 Å². The van der Waals surface area contributed by atoms with Crippen molar-refractivity contribution >= 4 is 11.6 Å². The molecule has 78 valence electrons. The number of hydrogen-bond donors (Lipinski definition) is 1. The molecule has 2 nitrogen and oxygen atoms in total. The monoisotopic (exact) mass is 213 g/mol. The predicted molar refractivity (Wildman–Crippen MR) is 59.7 cm³/mol. The molecular formula is C11H16ClNO. The highest BCUT2D eigenvalue weighted by molar-refractivity contribution is 6.31. The molecule has 0 spiro atoms. The molecule has 1 unspecified atom stereocenters. The summed E-state index contributed by atoms with van der Waals surface area (Å²) in [7, 11) is 0. The van der Waals surface area contributed by atoms with Crippen LogP contribution in [0.4, 0.5) is 0 Å². The minimum atomic E-state index is 0.198. The highest BCUT2D eigenvalue weighted by atomic mass is 35.5. The second-order valence-corrected chi connectivity index (χ2v) is 3.52. The molecule has 0 amide bonds. The minimum absolute atomic E-state index is 0.198. The van der Waals surface area contributed by atoms with Crippen LogP contribution >= 0.6 is 11.6 Å². The first kappa shape index (κ1) is 11.5. The van der Waals surface area contributed by atoms with Gasteiger partial charge in [-0.2, -0.15) is 0 Å². The second kappa shape index (κ2) is 6.02. The van der Waals surface area contributed by atoms with Crippen LogP contribution in [0.1, 0.15) is 18.4 Å². The molecule has 0 saturated heterocycles. The van der Waals surface area contributed by atoms with Gasteiger partial charge in [0.2, 0.25) is 0 Å². The molecule has 2 N–H and O–H groups in total. The lowest BCUT2D eigenvalue weighted by atomic mass is 10.0. The van der Waals surface area contributed by atoms with Crippen LogP contribution in [0.5, 0.6) is 0 Å². The molecular weight excluding hydrogens is 198 g/mol. The first-order chi connectivity index (χ1) is 6.79. The lowest BCUT2D eigenvalue weighted by molar-refractivity contribution is 0.134. The molecule has 14 heavy (non-hydrogen) atoms. The van der Waals surface area contributed by atoms with E-state index in [1.165, 1.54) is 0 Å². The van der Waals surface area contributed by atoms with Crippen LogP contribution < -0.4 is 5.73 Å². The molecule has 0 saturated carbocycles. The summed E-state index contributed by atoms with van der Waals surface area (Å²) in [6.45, 7) is 3.88. The summed E-state index contributed by atoms with van der Waals surface area (Å²) in [5, 5.41) is 0.766. The second-order valence-electron chi connectivity index (χ2n) is 3.11. The van der Waals surface area contributed by atoms with Gasteiger partial charge in [-0.1, -0.05) is 29.8 Å². The largest absolute Gasteiger partial charge is 0.381 e. The van der Waals surface area contributed by atoms with E-state index in [0.29, 0.717) is 19.8 Å². The van der Waals surface area contributed by atoms with Gasteiger partial charge in [-0.3, -0.25) is 0 Å². The van der Waals surface area contributed by atoms with Crippen LogP contribution in [-0.2, 0) is 4.74 Å². The van der Waals surface area contributed by atoms with Gasteiger partial charge in [-0.05, 0) is 18.6 Å². The van der Waals surface area contributed by atoms with Crippen molar-refractivity contribution in [3.63, 3.8) is 0 Å². The van der Waals surface area contributed by atoms with Gasteiger partial charge in [-0.25, -0.2) is 0 Å². The average Bonchev–Trinajstić information content (AvgIpc) is 2.21. The third kappa shape index (κ3) is 2.98. The van der Waals surface area contributed by atoms with Gasteiger partial charge in [-0.15, -0.1) is 0 Å². The SMILES string of the molecule is CCOCC(CN)c1ccccc1Cl. The summed E-state index contributed by atoms with van der Waals surface area (Å²) in [5.41, 5.74) is 6.75. The maximum atomic E-state index is 6.07. The molecule has 0 radical (unpaired) electrons. The number of hydrogen-bond acceptors (Lipinski definition) is 2. The van der Waals surface area contributed by atoms with E-state index in [0.717, 1.165) is 10.6 Å². The lowest BCUT2D eigenvalue weighted by Gasteiger charge is -2.16. The summed E-state index contributed by atoms with van der Waals surface area (Å²) in [5.74, 6) is 0.198. The third-order valence-electron chi connectivity index (χ3n) is 2.15. The molecule has 0 bridgehead atoms. The maximum absolute atomic E-state index is 6.07. The molecule has 0 heterocycles. The molecule has 0 aromatic heterocycles. The van der Waals surface area contributed by atoms with Crippen molar-refractivity contribution in [2.75, 3.05) is 19.8 Å². The number of rotatable bonds is 5. The summed E-state index contributed by atoms with van der Waals surface area (Å²) in [6, 6.07) is 7.76. The number of halogens is 1. The first-order valence-electron chi connectivity index (χ1n) is 4.81. The lowest BCUT2D eigenvalue weighted by Crippen LogP contribution is -2.18. The van der Waals surface area contributed by atoms with Gasteiger partial charge < -0.3 is 10.5 Å². The molecule has 0 fully saturated rings. The topological polar surface area (TPSA) is 35.2 Å². The average molecular weight is 214 g/mol. The normalized spacial score (nSPS) is 12.8. The fourth-order valence-electron chi connectivity index (χ4n) is 1.35. The highest BCUT2D eigenvalue weighted by Gasteiger charge is 2.12. The summed E-state index contributed by atoms with van der Waals surface area (Å²) in [4.78, 5) is 0. The van der Waals surface area contributed by atoms with E-state index in [1.807, 2.05) is 31.2 Å². The fourth-order valence-corrected chi connectivity index (χ4v) is 1.64. The zero-order chi connectivity index (χ0) is 10.4. The maximum Gasteiger partial charge on any atom is 0.0547 e. The number of ether oxygens (including phenoxy) is 1. The van der Waals surface area contributed by atoms with Crippen molar-refractivity contribution in [1.82, 2.24) is 0 Å². The molecule has 1 aromatic rings. The van der Waals surface area contributed by atoms with Gasteiger partial charge in [0.1, 0.15) is 0 Å². The summed E-state index contributed by atoms with van der Waals surface area (Å²) >= 11 is 6.07. The fraction of sp³-hybridized carbons (Fsp3) is 0.455. The smallest absolute Gasteiger partial charge is 0.0547 e. The van der Waals surface area contributed by atoms with Crippen LogP contribution in [0.2, 0.25) is 5.02 Å². The van der Waals surface area contributed by atoms with Gasteiger partial charge in [0.05, 0.1) is 6.61 Å². The Bertz CT molecular complexity index is 278. The zero-order valence-electron chi connectivity index (χ0n) is 8.37. The summed E-state index contributed by atoms with van der Waals surface area (Å²) < 4.78 is 5.36. The van der Waals surface area contributed by atoms with Gasteiger partial charge in [0.15, 0.2) is 0 Å². The first-order valence-corrected chi connectivity index (χ1v) is 5.19. The van der Waals surface area contributed by atoms with E-state index in [4.69, 9.17) is 22.1 Å². The molecule has 3 heteroatoms. The van der Waals surface area contributed by atoms with E-state index in [-0.39, 0.29) is 5.92 Å². The van der Waals surface area contributed by atoms with Crippen molar-refractivity contribution in [2.24, 2.45) is 5.73 Å². The molecule has 1 aromatic carbocycles. The Morgan fingerprint density at radius 2 is 2.14 bits per heavy atom. The van der Waals surface area contributed by atoms with E-state index in [2.05, 4.69) is 0 Å². The van der Waals surface area contributed by atoms with Crippen molar-refractivity contribution in [3.8, 4) is 0 Å². The molecule has 0 aliphatic rings. The molecule has 1 rings (SSSR count). The summed E-state index contributed by atoms with van der Waals surface area (Å²) in [6.07, 6.45) is 0. The van der Waals surface area contributed by atoms with E-state index in [1.54, 1.807) is 0 Å². The molecule has 0 aliphatic heterocycles. The van der Waals surface area contributed by atoms with E-state index >= 15 is 0 Å². The van der Waals surface area contributed by atoms with Crippen molar-refractivity contribution in [3.05, 3.63) is 34.9 Å². The Morgan fingerprint density at radius 1 is 1.43 bits per heavy atom. The Hall–Kier alpha value is -0.570. The van der Waals surface area contributed by atoms with E-state index in [9.17, 15) is 0 Å². The van der Waals surface area contributed by atoms with Crippen LogP contribution in [0.3, 0.4) is 0 Å². The molecule has 0 aliphatic carbocycles.